The molecule has 0 saturated heterocycles. The first-order valence-corrected chi connectivity index (χ1v) is 6.47. The molecule has 2 rings (SSSR count). The normalized spacial score (nSPS) is 13.3. The van der Waals surface area contributed by atoms with Crippen LogP contribution in [0.1, 0.15) is 58.5 Å². The van der Waals surface area contributed by atoms with E-state index in [1.807, 2.05) is 6.20 Å². The van der Waals surface area contributed by atoms with Crippen molar-refractivity contribution >= 4 is 10.9 Å². The second kappa shape index (κ2) is 3.81. The van der Waals surface area contributed by atoms with Crippen LogP contribution in [0.3, 0.4) is 0 Å². The fourth-order valence-corrected chi connectivity index (χ4v) is 2.43. The molecule has 0 radical (unpaired) electrons. The van der Waals surface area contributed by atoms with Gasteiger partial charge in [0.1, 0.15) is 0 Å². The van der Waals surface area contributed by atoms with E-state index in [1.165, 1.54) is 5.56 Å². The number of aryl methyl sites for hydroxylation is 1. The molecule has 0 amide bonds. The van der Waals surface area contributed by atoms with Gasteiger partial charge in [-0.15, -0.1) is 0 Å². The lowest BCUT2D eigenvalue weighted by molar-refractivity contribution is 0.565. The molecule has 0 atom stereocenters. The molecule has 2 aromatic rings. The maximum Gasteiger partial charge on any atom is 0.0769 e. The smallest absolute Gasteiger partial charge is 0.0769 e. The quantitative estimate of drug-likeness (QED) is 0.765. The lowest BCUT2D eigenvalue weighted by Crippen LogP contribution is -2.16. The maximum absolute atomic E-state index is 4.66. The van der Waals surface area contributed by atoms with Crippen LogP contribution in [-0.2, 0) is 10.8 Å². The molecule has 0 saturated carbocycles. The Morgan fingerprint density at radius 2 is 1.50 bits per heavy atom. The molecular formula is C15H23N3. The van der Waals surface area contributed by atoms with Gasteiger partial charge < -0.3 is 0 Å². The third-order valence-electron chi connectivity index (χ3n) is 3.28. The van der Waals surface area contributed by atoms with Crippen molar-refractivity contribution in [2.75, 3.05) is 0 Å². The number of aromatic amines is 1. The van der Waals surface area contributed by atoms with Gasteiger partial charge in [-0.3, -0.25) is 10.1 Å². The van der Waals surface area contributed by atoms with Crippen LogP contribution in [-0.4, -0.2) is 15.2 Å². The molecule has 18 heavy (non-hydrogen) atoms. The third kappa shape index (κ3) is 2.02. The largest absolute Gasteiger partial charge is 0.277 e. The summed E-state index contributed by atoms with van der Waals surface area (Å²) in [7, 11) is 0. The predicted octanol–water partition coefficient (Wildman–Crippen LogP) is 3.86. The van der Waals surface area contributed by atoms with Crippen molar-refractivity contribution in [2.45, 2.75) is 59.3 Å². The van der Waals surface area contributed by atoms with E-state index in [4.69, 9.17) is 0 Å². The summed E-state index contributed by atoms with van der Waals surface area (Å²) >= 11 is 0. The Kier molecular flexibility index (Phi) is 2.76. The Hall–Kier alpha value is -1.38. The first-order valence-electron chi connectivity index (χ1n) is 6.47. The fourth-order valence-electron chi connectivity index (χ4n) is 2.43. The highest BCUT2D eigenvalue weighted by molar-refractivity contribution is 5.85. The number of hydrogen-bond donors (Lipinski definition) is 1. The first kappa shape index (κ1) is 13.1. The van der Waals surface area contributed by atoms with Gasteiger partial charge in [0.05, 0.1) is 16.9 Å². The average Bonchev–Trinajstić information content (AvgIpc) is 2.59. The van der Waals surface area contributed by atoms with Gasteiger partial charge in [0.15, 0.2) is 0 Å². The number of rotatable bonds is 0. The molecule has 0 bridgehead atoms. The Balaban J connectivity index is 2.73. The minimum atomic E-state index is 0.0373. The number of pyridine rings is 1. The van der Waals surface area contributed by atoms with Crippen LogP contribution < -0.4 is 0 Å². The average molecular weight is 245 g/mol. The van der Waals surface area contributed by atoms with Crippen LogP contribution in [0, 0.1) is 6.92 Å². The van der Waals surface area contributed by atoms with E-state index in [1.54, 1.807) is 0 Å². The number of hydrogen-bond acceptors (Lipinski definition) is 2. The van der Waals surface area contributed by atoms with Crippen LogP contribution in [0.15, 0.2) is 6.20 Å². The van der Waals surface area contributed by atoms with Gasteiger partial charge in [0, 0.05) is 22.4 Å². The molecular weight excluding hydrogens is 222 g/mol. The summed E-state index contributed by atoms with van der Waals surface area (Å²) in [4.78, 5) is 4.66. The molecule has 0 aromatic carbocycles. The minimum absolute atomic E-state index is 0.0373. The van der Waals surface area contributed by atoms with Crippen LogP contribution in [0.25, 0.3) is 10.9 Å². The topological polar surface area (TPSA) is 41.6 Å². The van der Waals surface area contributed by atoms with Crippen molar-refractivity contribution in [1.82, 2.24) is 15.2 Å². The Morgan fingerprint density at radius 3 is 2.00 bits per heavy atom. The molecule has 0 spiro atoms. The first-order chi connectivity index (χ1) is 8.12. The molecule has 2 heterocycles. The number of nitrogens with zero attached hydrogens (tertiary/aromatic N) is 2. The Morgan fingerprint density at radius 1 is 0.944 bits per heavy atom. The van der Waals surface area contributed by atoms with Gasteiger partial charge >= 0.3 is 0 Å². The van der Waals surface area contributed by atoms with Crippen LogP contribution >= 0.6 is 0 Å². The third-order valence-corrected chi connectivity index (χ3v) is 3.28. The highest BCUT2D eigenvalue weighted by atomic mass is 15.1. The zero-order valence-corrected chi connectivity index (χ0v) is 12.5. The van der Waals surface area contributed by atoms with E-state index < -0.39 is 0 Å². The molecule has 1 N–H and O–H groups in total. The van der Waals surface area contributed by atoms with E-state index in [0.717, 1.165) is 22.3 Å². The fraction of sp³-hybridized carbons (Fsp3) is 0.600. The molecule has 0 unspecified atom stereocenters. The van der Waals surface area contributed by atoms with Crippen LogP contribution in [0.2, 0.25) is 0 Å². The maximum atomic E-state index is 4.66. The number of aromatic nitrogens is 3. The van der Waals surface area contributed by atoms with Crippen molar-refractivity contribution in [3.05, 3.63) is 23.1 Å². The van der Waals surface area contributed by atoms with Crippen molar-refractivity contribution in [2.24, 2.45) is 0 Å². The second-order valence-electron chi connectivity index (χ2n) is 7.09. The summed E-state index contributed by atoms with van der Waals surface area (Å²) in [6, 6.07) is 0. The molecule has 2 aromatic heterocycles. The Labute approximate surface area is 109 Å². The van der Waals surface area contributed by atoms with E-state index >= 15 is 0 Å². The molecule has 98 valence electrons. The second-order valence-corrected chi connectivity index (χ2v) is 7.09. The van der Waals surface area contributed by atoms with Crippen LogP contribution in [0.5, 0.6) is 0 Å². The van der Waals surface area contributed by atoms with E-state index in [-0.39, 0.29) is 10.8 Å². The van der Waals surface area contributed by atoms with Crippen LogP contribution in [0.4, 0.5) is 0 Å². The minimum Gasteiger partial charge on any atom is -0.277 e. The number of H-pyrrole nitrogens is 1. The Bertz CT molecular complexity index is 580. The van der Waals surface area contributed by atoms with E-state index in [9.17, 15) is 0 Å². The van der Waals surface area contributed by atoms with Gasteiger partial charge in [0.25, 0.3) is 0 Å². The number of fused-ring (bicyclic) bond motifs is 1. The predicted molar refractivity (Wildman–Crippen MR) is 76.0 cm³/mol. The van der Waals surface area contributed by atoms with Gasteiger partial charge in [-0.2, -0.15) is 5.10 Å². The standard InChI is InChI=1S/C15H23N3/c1-9-11-10(8-16-12(9)14(2,3)4)13(18-17-11)15(5,6)7/h8H,1-7H3,(H,17,18). The highest BCUT2D eigenvalue weighted by Crippen LogP contribution is 2.32. The van der Waals surface area contributed by atoms with Gasteiger partial charge in [-0.05, 0) is 12.5 Å². The van der Waals surface area contributed by atoms with E-state index in [2.05, 4.69) is 63.6 Å². The van der Waals surface area contributed by atoms with Crippen molar-refractivity contribution in [3.63, 3.8) is 0 Å². The zero-order valence-electron chi connectivity index (χ0n) is 12.5. The molecule has 3 heteroatoms. The summed E-state index contributed by atoms with van der Waals surface area (Å²) in [6.07, 6.45) is 1.97. The van der Waals surface area contributed by atoms with Gasteiger partial charge in [-0.25, -0.2) is 0 Å². The lowest BCUT2D eigenvalue weighted by Gasteiger charge is -2.21. The highest BCUT2D eigenvalue weighted by Gasteiger charge is 2.24. The summed E-state index contributed by atoms with van der Waals surface area (Å²) in [5.74, 6) is 0. The molecule has 3 nitrogen and oxygen atoms in total. The number of nitrogens with one attached hydrogen (secondary N) is 1. The summed E-state index contributed by atoms with van der Waals surface area (Å²) < 4.78 is 0. The van der Waals surface area contributed by atoms with Gasteiger partial charge in [0.2, 0.25) is 0 Å². The molecule has 0 fully saturated rings. The SMILES string of the molecule is Cc1c(C(C)(C)C)ncc2c(C(C)(C)C)n[nH]c12. The van der Waals surface area contributed by atoms with Crippen molar-refractivity contribution < 1.29 is 0 Å². The summed E-state index contributed by atoms with van der Waals surface area (Å²) in [5.41, 5.74) is 4.66. The monoisotopic (exact) mass is 245 g/mol. The van der Waals surface area contributed by atoms with Crippen molar-refractivity contribution in [1.29, 1.82) is 0 Å². The van der Waals surface area contributed by atoms with Gasteiger partial charge in [-0.1, -0.05) is 41.5 Å². The van der Waals surface area contributed by atoms with E-state index in [0.29, 0.717) is 0 Å². The summed E-state index contributed by atoms with van der Waals surface area (Å²) in [5, 5.41) is 8.82. The summed E-state index contributed by atoms with van der Waals surface area (Å²) in [6.45, 7) is 15.2. The molecule has 0 aliphatic heterocycles. The molecule has 0 aliphatic carbocycles. The van der Waals surface area contributed by atoms with Crippen molar-refractivity contribution in [3.8, 4) is 0 Å². The zero-order chi connectivity index (χ0) is 13.7. The molecule has 0 aliphatic rings. The lowest BCUT2D eigenvalue weighted by atomic mass is 9.86.